The van der Waals surface area contributed by atoms with Crippen LogP contribution in [-0.2, 0) is 4.89 Å². The number of allylic oxidation sites excluding steroid dienone is 1. The molecule has 0 aromatic heterocycles. The van der Waals surface area contributed by atoms with Gasteiger partial charge in [0.1, 0.15) is 0 Å². The summed E-state index contributed by atoms with van der Waals surface area (Å²) in [4.78, 5) is 3.58. The molecule has 0 aliphatic rings. The lowest BCUT2D eigenvalue weighted by molar-refractivity contribution is -0.186. The standard InChI is InChI=1S/C5H8O2/c1-2-3-4-5-7-6/h3,5-6H,2H2,1H3. The average molecular weight is 100 g/mol. The van der Waals surface area contributed by atoms with Gasteiger partial charge in [-0.1, -0.05) is 12.7 Å². The zero-order valence-electron chi connectivity index (χ0n) is 4.22. The van der Waals surface area contributed by atoms with Crippen LogP contribution in [0.15, 0.2) is 18.1 Å². The molecule has 0 atom stereocenters. The quantitative estimate of drug-likeness (QED) is 0.247. The van der Waals surface area contributed by atoms with Crippen LogP contribution in [0, 0.1) is 0 Å². The number of hydrogen-bond donors (Lipinski definition) is 1. The Kier molecular flexibility index (Phi) is 4.74. The monoisotopic (exact) mass is 100 g/mol. The highest BCUT2D eigenvalue weighted by Gasteiger charge is 1.57. The van der Waals surface area contributed by atoms with Crippen molar-refractivity contribution in [3.05, 3.63) is 18.1 Å². The largest absolute Gasteiger partial charge is 0.340 e. The topological polar surface area (TPSA) is 29.5 Å². The van der Waals surface area contributed by atoms with E-state index in [0.29, 0.717) is 0 Å². The SMILES string of the molecule is CCC=C=COO. The Hall–Kier alpha value is -0.720. The molecule has 0 radical (unpaired) electrons. The molecule has 0 bridgehead atoms. The van der Waals surface area contributed by atoms with Crippen molar-refractivity contribution in [3.63, 3.8) is 0 Å². The maximum atomic E-state index is 7.65. The van der Waals surface area contributed by atoms with Gasteiger partial charge in [-0.25, -0.2) is 5.26 Å². The second-order valence-electron chi connectivity index (χ2n) is 1.00. The highest BCUT2D eigenvalue weighted by Crippen LogP contribution is 1.73. The predicted molar refractivity (Wildman–Crippen MR) is 26.7 cm³/mol. The minimum absolute atomic E-state index is 0.903. The van der Waals surface area contributed by atoms with Crippen LogP contribution in [0.25, 0.3) is 0 Å². The lowest BCUT2D eigenvalue weighted by Crippen LogP contribution is -1.59. The third kappa shape index (κ3) is 5.28. The summed E-state index contributed by atoms with van der Waals surface area (Å²) in [7, 11) is 0. The van der Waals surface area contributed by atoms with Crippen LogP contribution in [0.1, 0.15) is 13.3 Å². The third-order valence-corrected chi connectivity index (χ3v) is 0.443. The van der Waals surface area contributed by atoms with E-state index >= 15 is 0 Å². The van der Waals surface area contributed by atoms with Gasteiger partial charge < -0.3 is 4.89 Å². The summed E-state index contributed by atoms with van der Waals surface area (Å²) in [5, 5.41) is 7.65. The first-order valence-corrected chi connectivity index (χ1v) is 2.11. The van der Waals surface area contributed by atoms with Gasteiger partial charge in [0.05, 0.1) is 0 Å². The lowest BCUT2D eigenvalue weighted by atomic mass is 10.5. The zero-order chi connectivity index (χ0) is 5.54. The Morgan fingerprint density at radius 2 is 2.57 bits per heavy atom. The second-order valence-corrected chi connectivity index (χ2v) is 1.00. The van der Waals surface area contributed by atoms with Gasteiger partial charge in [0.2, 0.25) is 0 Å². The van der Waals surface area contributed by atoms with Gasteiger partial charge >= 0.3 is 0 Å². The van der Waals surface area contributed by atoms with Crippen molar-refractivity contribution in [3.8, 4) is 0 Å². The van der Waals surface area contributed by atoms with Crippen LogP contribution in [0.3, 0.4) is 0 Å². The van der Waals surface area contributed by atoms with Gasteiger partial charge in [0, 0.05) is 0 Å². The Morgan fingerprint density at radius 1 is 1.86 bits per heavy atom. The maximum absolute atomic E-state index is 7.65. The molecule has 0 rings (SSSR count). The van der Waals surface area contributed by atoms with Crippen LogP contribution in [-0.4, -0.2) is 5.26 Å². The number of rotatable bonds is 2. The normalized spacial score (nSPS) is 6.57. The number of hydrogen-bond acceptors (Lipinski definition) is 2. The Bertz CT molecular complexity index is 72.1. The fraction of sp³-hybridized carbons (Fsp3) is 0.400. The van der Waals surface area contributed by atoms with Gasteiger partial charge in [-0.05, 0) is 12.5 Å². The molecule has 40 valence electrons. The van der Waals surface area contributed by atoms with Crippen molar-refractivity contribution in [2.75, 3.05) is 0 Å². The first-order valence-electron chi connectivity index (χ1n) is 2.11. The molecule has 0 heterocycles. The average Bonchev–Trinajstić information content (AvgIpc) is 1.69. The summed E-state index contributed by atoms with van der Waals surface area (Å²) in [5.41, 5.74) is 2.56. The summed E-state index contributed by atoms with van der Waals surface area (Å²) in [6, 6.07) is 0. The highest BCUT2D eigenvalue weighted by atomic mass is 17.1. The fourth-order valence-corrected chi connectivity index (χ4v) is 0.196. The third-order valence-electron chi connectivity index (χ3n) is 0.443. The van der Waals surface area contributed by atoms with Crippen molar-refractivity contribution in [2.24, 2.45) is 0 Å². The molecule has 0 aliphatic carbocycles. The molecule has 0 spiro atoms. The smallest absolute Gasteiger partial charge is 0.171 e. The molecule has 2 heteroatoms. The molecule has 0 saturated heterocycles. The van der Waals surface area contributed by atoms with Crippen molar-refractivity contribution in [1.82, 2.24) is 0 Å². The van der Waals surface area contributed by atoms with Crippen molar-refractivity contribution in [1.29, 1.82) is 0 Å². The van der Waals surface area contributed by atoms with E-state index in [1.54, 1.807) is 6.08 Å². The molecule has 0 saturated carbocycles. The van der Waals surface area contributed by atoms with Gasteiger partial charge in [0.15, 0.2) is 6.26 Å². The maximum Gasteiger partial charge on any atom is 0.171 e. The van der Waals surface area contributed by atoms with E-state index in [0.717, 1.165) is 12.7 Å². The van der Waals surface area contributed by atoms with Gasteiger partial charge in [-0.3, -0.25) is 0 Å². The van der Waals surface area contributed by atoms with E-state index in [4.69, 9.17) is 5.26 Å². The van der Waals surface area contributed by atoms with Crippen LogP contribution < -0.4 is 0 Å². The minimum atomic E-state index is 0.903. The van der Waals surface area contributed by atoms with Crippen molar-refractivity contribution in [2.45, 2.75) is 13.3 Å². The first kappa shape index (κ1) is 6.28. The molecule has 0 aromatic rings. The van der Waals surface area contributed by atoms with E-state index in [9.17, 15) is 0 Å². The highest BCUT2D eigenvalue weighted by molar-refractivity contribution is 4.76. The van der Waals surface area contributed by atoms with Gasteiger partial charge in [0.25, 0.3) is 0 Å². The molecule has 0 aromatic carbocycles. The van der Waals surface area contributed by atoms with Gasteiger partial charge in [-0.2, -0.15) is 0 Å². The van der Waals surface area contributed by atoms with E-state index in [2.05, 4.69) is 10.6 Å². The van der Waals surface area contributed by atoms with Crippen LogP contribution in [0.4, 0.5) is 0 Å². The van der Waals surface area contributed by atoms with Crippen molar-refractivity contribution >= 4 is 0 Å². The van der Waals surface area contributed by atoms with Gasteiger partial charge in [-0.15, -0.1) is 0 Å². The molecular weight excluding hydrogens is 92.1 g/mol. The minimum Gasteiger partial charge on any atom is -0.340 e. The van der Waals surface area contributed by atoms with E-state index < -0.39 is 0 Å². The summed E-state index contributed by atoms with van der Waals surface area (Å²) < 4.78 is 0. The lowest BCUT2D eigenvalue weighted by Gasteiger charge is -1.72. The van der Waals surface area contributed by atoms with Crippen LogP contribution in [0.5, 0.6) is 0 Å². The summed E-state index contributed by atoms with van der Waals surface area (Å²) >= 11 is 0. The summed E-state index contributed by atoms with van der Waals surface area (Å²) in [6.07, 6.45) is 3.74. The predicted octanol–water partition coefficient (Wildman–Crippen LogP) is 1.55. The van der Waals surface area contributed by atoms with E-state index in [1.807, 2.05) is 6.92 Å². The van der Waals surface area contributed by atoms with Crippen LogP contribution in [0.2, 0.25) is 0 Å². The summed E-state index contributed by atoms with van der Waals surface area (Å²) in [6.45, 7) is 1.97. The summed E-state index contributed by atoms with van der Waals surface area (Å²) in [5.74, 6) is 0. The van der Waals surface area contributed by atoms with E-state index in [-0.39, 0.29) is 0 Å². The molecule has 0 unspecified atom stereocenters. The Morgan fingerprint density at radius 3 is 3.00 bits per heavy atom. The molecule has 0 aliphatic heterocycles. The molecule has 0 fully saturated rings. The first-order chi connectivity index (χ1) is 3.41. The molecule has 2 nitrogen and oxygen atoms in total. The van der Waals surface area contributed by atoms with E-state index in [1.165, 1.54) is 0 Å². The van der Waals surface area contributed by atoms with Crippen molar-refractivity contribution < 1.29 is 10.1 Å². The Balaban J connectivity index is 3.21. The second kappa shape index (κ2) is 5.28. The molecule has 7 heavy (non-hydrogen) atoms. The van der Waals surface area contributed by atoms with Crippen LogP contribution >= 0.6 is 0 Å². The molecule has 0 amide bonds. The fourth-order valence-electron chi connectivity index (χ4n) is 0.196. The molecule has 1 N–H and O–H groups in total. The molecular formula is C5H8O2. The Labute approximate surface area is 42.7 Å². The zero-order valence-corrected chi connectivity index (χ0v) is 4.22.